The molecule has 0 fully saturated rings. The van der Waals surface area contributed by atoms with Crippen LogP contribution >= 0.6 is 11.6 Å². The number of halogens is 1. The zero-order chi connectivity index (χ0) is 14.5. The van der Waals surface area contributed by atoms with Crippen LogP contribution in [0.4, 0.5) is 5.82 Å². The molecule has 0 aliphatic carbocycles. The number of tetrazole rings is 1. The summed E-state index contributed by atoms with van der Waals surface area (Å²) in [5, 5.41) is 19.1. The number of benzene rings is 1. The molecular weight excluding hydrogens is 292 g/mol. The minimum absolute atomic E-state index is 0.554. The average molecular weight is 305 g/mol. The van der Waals surface area contributed by atoms with Gasteiger partial charge in [-0.3, -0.25) is 0 Å². The number of nitrogens with one attached hydrogen (secondary N) is 1. The lowest BCUT2D eigenvalue weighted by atomic mass is 10.2. The molecule has 1 aromatic carbocycles. The van der Waals surface area contributed by atoms with Crippen LogP contribution in [0.25, 0.3) is 5.65 Å². The molecule has 0 unspecified atom stereocenters. The number of hydrogen-bond donors (Lipinski definition) is 1. The summed E-state index contributed by atoms with van der Waals surface area (Å²) in [5.41, 5.74) is 1.70. The van der Waals surface area contributed by atoms with E-state index in [0.29, 0.717) is 31.2 Å². The number of rotatable bonds is 6. The Balaban J connectivity index is 1.42. The third-order valence-electron chi connectivity index (χ3n) is 2.80. The van der Waals surface area contributed by atoms with Crippen molar-refractivity contribution < 1.29 is 4.74 Å². The van der Waals surface area contributed by atoms with Gasteiger partial charge in [-0.05, 0) is 40.3 Å². The first-order valence-electron chi connectivity index (χ1n) is 6.43. The minimum atomic E-state index is 0.554. The second-order valence-electron chi connectivity index (χ2n) is 4.35. The molecule has 0 aliphatic heterocycles. The molecule has 0 saturated heterocycles. The Kier molecular flexibility index (Phi) is 4.23. The monoisotopic (exact) mass is 304 g/mol. The normalized spacial score (nSPS) is 10.9. The lowest BCUT2D eigenvalue weighted by Gasteiger charge is -2.06. The van der Waals surface area contributed by atoms with Crippen LogP contribution in [-0.4, -0.2) is 38.4 Å². The van der Waals surface area contributed by atoms with E-state index in [4.69, 9.17) is 16.3 Å². The van der Waals surface area contributed by atoms with Crippen molar-refractivity contribution in [2.75, 3.05) is 18.5 Å². The van der Waals surface area contributed by atoms with Crippen molar-refractivity contribution in [2.45, 2.75) is 6.61 Å². The van der Waals surface area contributed by atoms with E-state index in [0.717, 1.165) is 10.6 Å². The first-order chi connectivity index (χ1) is 10.3. The van der Waals surface area contributed by atoms with Crippen molar-refractivity contribution in [1.29, 1.82) is 0 Å². The van der Waals surface area contributed by atoms with Crippen molar-refractivity contribution in [3.63, 3.8) is 0 Å². The van der Waals surface area contributed by atoms with E-state index in [9.17, 15) is 0 Å². The smallest absolute Gasteiger partial charge is 0.200 e. The van der Waals surface area contributed by atoms with Gasteiger partial charge < -0.3 is 10.1 Å². The molecule has 0 radical (unpaired) electrons. The van der Waals surface area contributed by atoms with Gasteiger partial charge in [-0.25, -0.2) is 0 Å². The second-order valence-corrected chi connectivity index (χ2v) is 4.79. The van der Waals surface area contributed by atoms with Crippen molar-refractivity contribution in [2.24, 2.45) is 0 Å². The van der Waals surface area contributed by atoms with E-state index < -0.39 is 0 Å². The third-order valence-corrected chi connectivity index (χ3v) is 3.06. The van der Waals surface area contributed by atoms with E-state index in [2.05, 4.69) is 25.9 Å². The van der Waals surface area contributed by atoms with Crippen LogP contribution in [-0.2, 0) is 11.3 Å². The molecule has 2 aromatic heterocycles. The molecule has 0 amide bonds. The maximum Gasteiger partial charge on any atom is 0.200 e. The Morgan fingerprint density at radius 2 is 2.00 bits per heavy atom. The van der Waals surface area contributed by atoms with Crippen molar-refractivity contribution in [1.82, 2.24) is 25.3 Å². The zero-order valence-electron chi connectivity index (χ0n) is 11.1. The predicted molar refractivity (Wildman–Crippen MR) is 78.2 cm³/mol. The van der Waals surface area contributed by atoms with Gasteiger partial charge in [0.05, 0.1) is 13.2 Å². The minimum Gasteiger partial charge on any atom is -0.375 e. The van der Waals surface area contributed by atoms with Crippen molar-refractivity contribution >= 4 is 23.1 Å². The number of anilines is 1. The number of ether oxygens (including phenoxy) is 1. The lowest BCUT2D eigenvalue weighted by molar-refractivity contribution is 0.130. The van der Waals surface area contributed by atoms with Gasteiger partial charge in [-0.15, -0.1) is 14.8 Å². The van der Waals surface area contributed by atoms with Gasteiger partial charge in [-0.1, -0.05) is 23.7 Å². The summed E-state index contributed by atoms with van der Waals surface area (Å²) in [7, 11) is 0. The fourth-order valence-corrected chi connectivity index (χ4v) is 1.89. The summed E-state index contributed by atoms with van der Waals surface area (Å²) < 4.78 is 6.95. The second kappa shape index (κ2) is 6.47. The highest BCUT2D eigenvalue weighted by atomic mass is 35.5. The molecular formula is C13H13ClN6O. The fourth-order valence-electron chi connectivity index (χ4n) is 1.77. The van der Waals surface area contributed by atoms with Crippen LogP contribution in [0, 0.1) is 0 Å². The molecule has 21 heavy (non-hydrogen) atoms. The largest absolute Gasteiger partial charge is 0.375 e. The molecule has 0 bridgehead atoms. The van der Waals surface area contributed by atoms with Gasteiger partial charge in [-0.2, -0.15) is 0 Å². The highest BCUT2D eigenvalue weighted by Crippen LogP contribution is 2.10. The lowest BCUT2D eigenvalue weighted by Crippen LogP contribution is -2.11. The van der Waals surface area contributed by atoms with Gasteiger partial charge in [0.25, 0.3) is 0 Å². The van der Waals surface area contributed by atoms with Crippen LogP contribution in [0.3, 0.4) is 0 Å². The molecule has 2 heterocycles. The quantitative estimate of drug-likeness (QED) is 0.700. The van der Waals surface area contributed by atoms with Gasteiger partial charge >= 0.3 is 0 Å². The highest BCUT2D eigenvalue weighted by molar-refractivity contribution is 6.30. The van der Waals surface area contributed by atoms with Gasteiger partial charge in [0.15, 0.2) is 5.65 Å². The van der Waals surface area contributed by atoms with Gasteiger partial charge in [0.1, 0.15) is 5.82 Å². The van der Waals surface area contributed by atoms with E-state index in [1.54, 1.807) is 6.07 Å². The molecule has 0 aliphatic rings. The molecule has 108 valence electrons. The maximum absolute atomic E-state index is 5.82. The number of fused-ring (bicyclic) bond motifs is 1. The van der Waals surface area contributed by atoms with E-state index in [-0.39, 0.29) is 0 Å². The Morgan fingerprint density at radius 1 is 1.14 bits per heavy atom. The van der Waals surface area contributed by atoms with Gasteiger partial charge in [0, 0.05) is 11.6 Å². The molecule has 1 N–H and O–H groups in total. The first-order valence-corrected chi connectivity index (χ1v) is 6.80. The molecule has 8 heteroatoms. The van der Waals surface area contributed by atoms with Crippen LogP contribution < -0.4 is 5.32 Å². The zero-order valence-corrected chi connectivity index (χ0v) is 11.9. The standard InChI is InChI=1S/C13H13ClN6O/c14-11-3-1-10(2-4-11)9-21-8-7-15-12-5-6-13-16-18-19-20(13)17-12/h1-6H,7-9H2,(H,15,17). The van der Waals surface area contributed by atoms with Crippen LogP contribution in [0.1, 0.15) is 5.56 Å². The molecule has 3 aromatic rings. The average Bonchev–Trinajstić information content (AvgIpc) is 2.96. The summed E-state index contributed by atoms with van der Waals surface area (Å²) >= 11 is 5.82. The van der Waals surface area contributed by atoms with E-state index in [1.165, 1.54) is 4.63 Å². The Hall–Kier alpha value is -2.25. The summed E-state index contributed by atoms with van der Waals surface area (Å²) in [6.45, 7) is 1.77. The molecule has 0 spiro atoms. The summed E-state index contributed by atoms with van der Waals surface area (Å²) in [6, 6.07) is 11.2. The number of aromatic nitrogens is 5. The van der Waals surface area contributed by atoms with Crippen molar-refractivity contribution in [3.05, 3.63) is 47.0 Å². The summed E-state index contributed by atoms with van der Waals surface area (Å²) in [4.78, 5) is 0. The highest BCUT2D eigenvalue weighted by Gasteiger charge is 2.00. The van der Waals surface area contributed by atoms with Crippen LogP contribution in [0.15, 0.2) is 36.4 Å². The molecule has 3 rings (SSSR count). The topological polar surface area (TPSA) is 77.2 Å². The number of nitrogens with zero attached hydrogens (tertiary/aromatic N) is 5. The first kappa shape index (κ1) is 13.7. The molecule has 0 saturated carbocycles. The predicted octanol–water partition coefficient (Wildman–Crippen LogP) is 1.80. The Bertz CT molecular complexity index is 714. The van der Waals surface area contributed by atoms with E-state index in [1.807, 2.05) is 30.3 Å². The Labute approximate surface area is 125 Å². The van der Waals surface area contributed by atoms with Crippen LogP contribution in [0.2, 0.25) is 5.02 Å². The summed E-state index contributed by atoms with van der Waals surface area (Å²) in [5.74, 6) is 0.699. The summed E-state index contributed by atoms with van der Waals surface area (Å²) in [6.07, 6.45) is 0. The Morgan fingerprint density at radius 3 is 2.86 bits per heavy atom. The van der Waals surface area contributed by atoms with Crippen LogP contribution in [0.5, 0.6) is 0 Å². The SMILES string of the molecule is Clc1ccc(COCCNc2ccc3nnnn3n2)cc1. The number of hydrogen-bond acceptors (Lipinski definition) is 6. The molecule has 0 atom stereocenters. The van der Waals surface area contributed by atoms with Crippen molar-refractivity contribution in [3.8, 4) is 0 Å². The third kappa shape index (κ3) is 3.65. The fraction of sp³-hybridized carbons (Fsp3) is 0.231. The van der Waals surface area contributed by atoms with Gasteiger partial charge in [0.2, 0.25) is 0 Å². The van der Waals surface area contributed by atoms with E-state index >= 15 is 0 Å². The molecule has 7 nitrogen and oxygen atoms in total. The maximum atomic E-state index is 5.82.